The maximum atomic E-state index is 12.1. The second-order valence-electron chi connectivity index (χ2n) is 3.50. The van der Waals surface area contributed by atoms with Crippen molar-refractivity contribution in [2.45, 2.75) is 29.7 Å². The van der Waals surface area contributed by atoms with Crippen LogP contribution in [0.2, 0.25) is 0 Å². The zero-order chi connectivity index (χ0) is 10.9. The monoisotopic (exact) mass is 231 g/mol. The zero-order valence-corrected chi connectivity index (χ0v) is 8.79. The van der Waals surface area contributed by atoms with Crippen LogP contribution < -0.4 is 0 Å². The summed E-state index contributed by atoms with van der Waals surface area (Å²) >= 11 is -0.0464. The smallest absolute Gasteiger partial charge is 0.160 e. The number of thioether (sulfide) groups is 1. The lowest BCUT2D eigenvalue weighted by Gasteiger charge is -2.16. The highest BCUT2D eigenvalue weighted by Crippen LogP contribution is 2.38. The van der Waals surface area contributed by atoms with Gasteiger partial charge >= 0.3 is 5.51 Å². The molecule has 0 spiro atoms. The second-order valence-corrected chi connectivity index (χ2v) is 4.64. The van der Waals surface area contributed by atoms with Crippen LogP contribution in [-0.2, 0) is 6.42 Å². The largest absolute Gasteiger partial charge is 0.446 e. The molecule has 4 heteroatoms. The molecule has 0 fully saturated rings. The van der Waals surface area contributed by atoms with Crippen molar-refractivity contribution in [1.82, 2.24) is 0 Å². The summed E-state index contributed by atoms with van der Waals surface area (Å²) in [5.74, 6) is 0. The molecule has 0 heterocycles. The van der Waals surface area contributed by atoms with E-state index < -0.39 is 5.51 Å². The average molecular weight is 231 g/mol. The van der Waals surface area contributed by atoms with Gasteiger partial charge in [-0.25, -0.2) is 0 Å². The van der Waals surface area contributed by atoms with Gasteiger partial charge in [0.1, 0.15) is 0 Å². The van der Waals surface area contributed by atoms with E-state index in [1.807, 2.05) is 6.42 Å². The van der Waals surface area contributed by atoms with E-state index in [1.165, 1.54) is 0 Å². The number of fused-ring (bicyclic) bond motifs is 1. The molecule has 0 bridgehead atoms. The number of alkyl halides is 3. The first kappa shape index (κ1) is 10.9. The van der Waals surface area contributed by atoms with Gasteiger partial charge in [-0.3, -0.25) is 0 Å². The third-order valence-corrected chi connectivity index (χ3v) is 3.09. The Morgan fingerprint density at radius 1 is 1.20 bits per heavy atom. The third-order valence-electron chi connectivity index (χ3n) is 2.37. The van der Waals surface area contributed by atoms with Crippen LogP contribution >= 0.6 is 11.8 Å². The minimum atomic E-state index is -4.19. The van der Waals surface area contributed by atoms with E-state index in [4.69, 9.17) is 0 Å². The number of hydrogen-bond acceptors (Lipinski definition) is 1. The van der Waals surface area contributed by atoms with Crippen molar-refractivity contribution in [3.63, 3.8) is 0 Å². The number of rotatable bonds is 1. The molecule has 0 aromatic heterocycles. The SMILES string of the molecule is FC(F)(F)Sc1ccc2c(c1)[CH]CCC2. The predicted octanol–water partition coefficient (Wildman–Crippen LogP) is 4.19. The molecule has 0 aliphatic heterocycles. The number of halogens is 3. The molecule has 0 amide bonds. The maximum absolute atomic E-state index is 12.1. The number of benzene rings is 1. The Labute approximate surface area is 90.9 Å². The Kier molecular flexibility index (Phi) is 2.96. The lowest BCUT2D eigenvalue weighted by Crippen LogP contribution is -2.03. The van der Waals surface area contributed by atoms with E-state index in [0.29, 0.717) is 0 Å². The van der Waals surface area contributed by atoms with Gasteiger partial charge in [0.25, 0.3) is 0 Å². The quantitative estimate of drug-likeness (QED) is 0.653. The first-order valence-electron chi connectivity index (χ1n) is 4.76. The van der Waals surface area contributed by atoms with Gasteiger partial charge in [-0.15, -0.1) is 0 Å². The van der Waals surface area contributed by atoms with Crippen molar-refractivity contribution in [3.05, 3.63) is 35.7 Å². The molecule has 15 heavy (non-hydrogen) atoms. The van der Waals surface area contributed by atoms with Crippen molar-refractivity contribution < 1.29 is 13.2 Å². The van der Waals surface area contributed by atoms with Crippen molar-refractivity contribution >= 4 is 11.8 Å². The summed E-state index contributed by atoms with van der Waals surface area (Å²) in [5.41, 5.74) is -2.06. The summed E-state index contributed by atoms with van der Waals surface area (Å²) in [4.78, 5) is 0.277. The summed E-state index contributed by atoms with van der Waals surface area (Å²) in [6.45, 7) is 0. The first-order chi connectivity index (χ1) is 7.04. The Morgan fingerprint density at radius 2 is 2.00 bits per heavy atom. The van der Waals surface area contributed by atoms with Crippen LogP contribution in [0, 0.1) is 6.42 Å². The van der Waals surface area contributed by atoms with Gasteiger partial charge in [-0.2, -0.15) is 13.2 Å². The lowest BCUT2D eigenvalue weighted by molar-refractivity contribution is -0.0328. The standard InChI is InChI=1S/C11H10F3S/c12-11(13,14)15-10-6-5-8-3-1-2-4-9(8)7-10/h4-7H,1-3H2. The van der Waals surface area contributed by atoms with Crippen molar-refractivity contribution in [3.8, 4) is 0 Å². The van der Waals surface area contributed by atoms with Crippen LogP contribution in [0.25, 0.3) is 0 Å². The predicted molar refractivity (Wildman–Crippen MR) is 54.7 cm³/mol. The number of hydrogen-bond donors (Lipinski definition) is 0. The Balaban J connectivity index is 2.21. The fourth-order valence-corrected chi connectivity index (χ4v) is 2.33. The van der Waals surface area contributed by atoms with Crippen LogP contribution in [-0.4, -0.2) is 5.51 Å². The summed E-state index contributed by atoms with van der Waals surface area (Å²) in [6.07, 6.45) is 5.05. The van der Waals surface area contributed by atoms with Gasteiger partial charge < -0.3 is 0 Å². The molecule has 1 aliphatic carbocycles. The Bertz CT molecular complexity index is 357. The van der Waals surface area contributed by atoms with Crippen molar-refractivity contribution in [2.24, 2.45) is 0 Å². The molecule has 1 aromatic carbocycles. The molecule has 81 valence electrons. The topological polar surface area (TPSA) is 0 Å². The fraction of sp³-hybridized carbons (Fsp3) is 0.364. The summed E-state index contributed by atoms with van der Waals surface area (Å²) in [6, 6.07) is 4.99. The van der Waals surface area contributed by atoms with E-state index in [9.17, 15) is 13.2 Å². The zero-order valence-electron chi connectivity index (χ0n) is 7.97. The molecular weight excluding hydrogens is 221 g/mol. The van der Waals surface area contributed by atoms with Crippen LogP contribution in [0.4, 0.5) is 13.2 Å². The molecule has 1 aliphatic rings. The Morgan fingerprint density at radius 3 is 2.73 bits per heavy atom. The normalized spacial score (nSPS) is 16.2. The van der Waals surface area contributed by atoms with Crippen molar-refractivity contribution in [1.29, 1.82) is 0 Å². The molecule has 1 radical (unpaired) electrons. The minimum absolute atomic E-state index is 0.0464. The second kappa shape index (κ2) is 4.08. The highest BCUT2D eigenvalue weighted by Gasteiger charge is 2.29. The van der Waals surface area contributed by atoms with E-state index in [1.54, 1.807) is 18.2 Å². The number of aryl methyl sites for hydroxylation is 1. The van der Waals surface area contributed by atoms with E-state index in [0.717, 1.165) is 30.4 Å². The van der Waals surface area contributed by atoms with Gasteiger partial charge in [0.2, 0.25) is 0 Å². The molecule has 0 unspecified atom stereocenters. The van der Waals surface area contributed by atoms with Crippen LogP contribution in [0.5, 0.6) is 0 Å². The van der Waals surface area contributed by atoms with E-state index in [-0.39, 0.29) is 16.7 Å². The molecule has 0 N–H and O–H groups in total. The highest BCUT2D eigenvalue weighted by atomic mass is 32.2. The van der Waals surface area contributed by atoms with E-state index in [2.05, 4.69) is 0 Å². The van der Waals surface area contributed by atoms with Crippen LogP contribution in [0.1, 0.15) is 24.0 Å². The Hall–Kier alpha value is -0.640. The maximum Gasteiger partial charge on any atom is 0.446 e. The van der Waals surface area contributed by atoms with Crippen LogP contribution in [0.15, 0.2) is 23.1 Å². The van der Waals surface area contributed by atoms with Crippen molar-refractivity contribution in [2.75, 3.05) is 0 Å². The lowest BCUT2D eigenvalue weighted by atomic mass is 9.92. The average Bonchev–Trinajstić information content (AvgIpc) is 2.15. The molecule has 0 atom stereocenters. The highest BCUT2D eigenvalue weighted by molar-refractivity contribution is 8.00. The van der Waals surface area contributed by atoms with E-state index >= 15 is 0 Å². The van der Waals surface area contributed by atoms with Gasteiger partial charge in [-0.05, 0) is 60.7 Å². The summed E-state index contributed by atoms with van der Waals surface area (Å²) in [7, 11) is 0. The molecule has 0 nitrogen and oxygen atoms in total. The summed E-state index contributed by atoms with van der Waals surface area (Å²) < 4.78 is 36.4. The van der Waals surface area contributed by atoms with Gasteiger partial charge in [0.15, 0.2) is 0 Å². The van der Waals surface area contributed by atoms with Crippen LogP contribution in [0.3, 0.4) is 0 Å². The minimum Gasteiger partial charge on any atom is -0.160 e. The molecule has 0 saturated carbocycles. The van der Waals surface area contributed by atoms with Gasteiger partial charge in [-0.1, -0.05) is 6.07 Å². The first-order valence-corrected chi connectivity index (χ1v) is 5.58. The fourth-order valence-electron chi connectivity index (χ4n) is 1.74. The van der Waals surface area contributed by atoms with Gasteiger partial charge in [0, 0.05) is 4.90 Å². The third kappa shape index (κ3) is 2.91. The molecular formula is C11H10F3S. The summed E-state index contributed by atoms with van der Waals surface area (Å²) in [5, 5.41) is 0. The molecule has 1 aromatic rings. The van der Waals surface area contributed by atoms with Gasteiger partial charge in [0.05, 0.1) is 0 Å². The molecule has 2 rings (SSSR count). The molecule has 0 saturated heterocycles.